The van der Waals surface area contributed by atoms with Gasteiger partial charge in [-0.2, -0.15) is 5.10 Å². The zero-order valence-corrected chi connectivity index (χ0v) is 10.7. The minimum Gasteiger partial charge on any atom is -0.397 e. The Morgan fingerprint density at radius 2 is 2.00 bits per heavy atom. The minimum absolute atomic E-state index is 0.341. The predicted octanol–water partition coefficient (Wildman–Crippen LogP) is 2.73. The number of rotatable bonds is 2. The lowest BCUT2D eigenvalue weighted by Crippen LogP contribution is -2.00. The molecule has 2 aromatic heterocycles. The van der Waals surface area contributed by atoms with E-state index in [0.717, 1.165) is 28.2 Å². The van der Waals surface area contributed by atoms with Crippen molar-refractivity contribution >= 4 is 5.69 Å². The summed E-state index contributed by atoms with van der Waals surface area (Å²) in [5.41, 5.74) is 10.7. The highest BCUT2D eigenvalue weighted by Gasteiger charge is 2.13. The number of aryl methyl sites for hydroxylation is 2. The fourth-order valence-corrected chi connectivity index (χ4v) is 1.76. The van der Waals surface area contributed by atoms with Gasteiger partial charge in [-0.15, -0.1) is 0 Å². The van der Waals surface area contributed by atoms with Crippen LogP contribution in [-0.2, 0) is 0 Å². The van der Waals surface area contributed by atoms with Crippen LogP contribution in [0.15, 0.2) is 18.5 Å². The van der Waals surface area contributed by atoms with Crippen LogP contribution in [0.5, 0.6) is 0 Å². The van der Waals surface area contributed by atoms with Gasteiger partial charge >= 0.3 is 0 Å². The maximum atomic E-state index is 6.07. The SMILES string of the molecule is Cc1ccnc(-c2cn(C(C)C)nc2C)c1N. The number of nitrogen functional groups attached to an aromatic ring is 1. The highest BCUT2D eigenvalue weighted by atomic mass is 15.3. The molecule has 17 heavy (non-hydrogen) atoms. The molecule has 2 heterocycles. The summed E-state index contributed by atoms with van der Waals surface area (Å²) in [5.74, 6) is 0. The van der Waals surface area contributed by atoms with E-state index in [0.29, 0.717) is 6.04 Å². The number of hydrogen-bond donors (Lipinski definition) is 1. The molecule has 0 atom stereocenters. The molecule has 2 N–H and O–H groups in total. The van der Waals surface area contributed by atoms with Gasteiger partial charge in [0.2, 0.25) is 0 Å². The summed E-state index contributed by atoms with van der Waals surface area (Å²) >= 11 is 0. The summed E-state index contributed by atoms with van der Waals surface area (Å²) in [6.45, 7) is 8.17. The van der Waals surface area contributed by atoms with Crippen molar-refractivity contribution in [1.82, 2.24) is 14.8 Å². The van der Waals surface area contributed by atoms with Crippen molar-refractivity contribution in [2.75, 3.05) is 5.73 Å². The number of pyridine rings is 1. The summed E-state index contributed by atoms with van der Waals surface area (Å²) in [7, 11) is 0. The molecule has 0 bridgehead atoms. The average Bonchev–Trinajstić information content (AvgIpc) is 2.65. The van der Waals surface area contributed by atoms with E-state index in [9.17, 15) is 0 Å². The third-order valence-corrected chi connectivity index (χ3v) is 2.91. The van der Waals surface area contributed by atoms with Crippen LogP contribution in [0.3, 0.4) is 0 Å². The average molecular weight is 230 g/mol. The Morgan fingerprint density at radius 3 is 2.59 bits per heavy atom. The summed E-state index contributed by atoms with van der Waals surface area (Å²) in [4.78, 5) is 4.36. The van der Waals surface area contributed by atoms with E-state index in [1.807, 2.05) is 30.8 Å². The summed E-state index contributed by atoms with van der Waals surface area (Å²) in [6.07, 6.45) is 3.80. The smallest absolute Gasteiger partial charge is 0.0968 e. The fraction of sp³-hybridized carbons (Fsp3) is 0.385. The molecule has 0 amide bonds. The van der Waals surface area contributed by atoms with Gasteiger partial charge in [0.25, 0.3) is 0 Å². The Bertz CT molecular complexity index is 540. The van der Waals surface area contributed by atoms with Crippen LogP contribution < -0.4 is 5.73 Å². The fourth-order valence-electron chi connectivity index (χ4n) is 1.76. The second-order valence-corrected chi connectivity index (χ2v) is 4.59. The van der Waals surface area contributed by atoms with Crippen LogP contribution >= 0.6 is 0 Å². The minimum atomic E-state index is 0.341. The number of aromatic nitrogens is 3. The van der Waals surface area contributed by atoms with Crippen molar-refractivity contribution in [3.05, 3.63) is 29.7 Å². The first kappa shape index (κ1) is 11.6. The first-order valence-corrected chi connectivity index (χ1v) is 5.78. The van der Waals surface area contributed by atoms with Gasteiger partial charge in [-0.25, -0.2) is 0 Å². The summed E-state index contributed by atoms with van der Waals surface area (Å²) < 4.78 is 1.94. The molecule has 4 nitrogen and oxygen atoms in total. The molecular weight excluding hydrogens is 212 g/mol. The molecule has 0 saturated carbocycles. The van der Waals surface area contributed by atoms with Crippen molar-refractivity contribution in [2.45, 2.75) is 33.7 Å². The number of nitrogens with two attached hydrogens (primary N) is 1. The molecule has 0 fully saturated rings. The molecule has 0 spiro atoms. The van der Waals surface area contributed by atoms with E-state index >= 15 is 0 Å². The standard InChI is InChI=1S/C13H18N4/c1-8(2)17-7-11(10(4)16-17)13-12(14)9(3)5-6-15-13/h5-8H,14H2,1-4H3. The molecule has 0 unspecified atom stereocenters. The van der Waals surface area contributed by atoms with E-state index in [2.05, 4.69) is 23.9 Å². The molecular formula is C13H18N4. The second kappa shape index (κ2) is 4.20. The van der Waals surface area contributed by atoms with Crippen LogP contribution in [-0.4, -0.2) is 14.8 Å². The number of anilines is 1. The maximum absolute atomic E-state index is 6.07. The highest BCUT2D eigenvalue weighted by molar-refractivity contribution is 5.75. The molecule has 2 rings (SSSR count). The van der Waals surface area contributed by atoms with Crippen LogP contribution in [0.4, 0.5) is 5.69 Å². The predicted molar refractivity (Wildman–Crippen MR) is 69.7 cm³/mol. The normalized spacial score (nSPS) is 11.1. The van der Waals surface area contributed by atoms with Gasteiger partial charge in [-0.05, 0) is 39.3 Å². The molecule has 2 aromatic rings. The Hall–Kier alpha value is -1.84. The van der Waals surface area contributed by atoms with Crippen molar-refractivity contribution < 1.29 is 0 Å². The zero-order chi connectivity index (χ0) is 12.6. The van der Waals surface area contributed by atoms with E-state index in [-0.39, 0.29) is 0 Å². The third kappa shape index (κ3) is 2.02. The van der Waals surface area contributed by atoms with Crippen LogP contribution in [0.25, 0.3) is 11.3 Å². The van der Waals surface area contributed by atoms with Gasteiger partial charge in [0.05, 0.1) is 17.1 Å². The van der Waals surface area contributed by atoms with Crippen molar-refractivity contribution in [1.29, 1.82) is 0 Å². The Balaban J connectivity index is 2.57. The molecule has 0 aliphatic heterocycles. The van der Waals surface area contributed by atoms with Crippen LogP contribution in [0.2, 0.25) is 0 Å². The van der Waals surface area contributed by atoms with E-state index in [4.69, 9.17) is 5.73 Å². The monoisotopic (exact) mass is 230 g/mol. The molecule has 0 aliphatic rings. The molecule has 0 aliphatic carbocycles. The Kier molecular flexibility index (Phi) is 2.88. The number of nitrogens with zero attached hydrogens (tertiary/aromatic N) is 3. The quantitative estimate of drug-likeness (QED) is 0.863. The first-order chi connectivity index (χ1) is 8.00. The molecule has 90 valence electrons. The highest BCUT2D eigenvalue weighted by Crippen LogP contribution is 2.28. The lowest BCUT2D eigenvalue weighted by Gasteiger charge is -2.06. The van der Waals surface area contributed by atoms with Crippen molar-refractivity contribution in [3.63, 3.8) is 0 Å². The van der Waals surface area contributed by atoms with Crippen LogP contribution in [0, 0.1) is 13.8 Å². The van der Waals surface area contributed by atoms with E-state index in [1.165, 1.54) is 0 Å². The van der Waals surface area contributed by atoms with Crippen molar-refractivity contribution in [3.8, 4) is 11.3 Å². The van der Waals surface area contributed by atoms with Crippen LogP contribution in [0.1, 0.15) is 31.1 Å². The molecule has 0 saturated heterocycles. The van der Waals surface area contributed by atoms with Crippen molar-refractivity contribution in [2.24, 2.45) is 0 Å². The summed E-state index contributed by atoms with van der Waals surface area (Å²) in [6, 6.07) is 2.26. The van der Waals surface area contributed by atoms with Gasteiger partial charge in [0.1, 0.15) is 0 Å². The lowest BCUT2D eigenvalue weighted by atomic mass is 10.1. The topological polar surface area (TPSA) is 56.7 Å². The molecule has 0 radical (unpaired) electrons. The third-order valence-electron chi connectivity index (χ3n) is 2.91. The lowest BCUT2D eigenvalue weighted by molar-refractivity contribution is 0.529. The largest absolute Gasteiger partial charge is 0.397 e. The van der Waals surface area contributed by atoms with Gasteiger partial charge in [-0.3, -0.25) is 9.67 Å². The van der Waals surface area contributed by atoms with E-state index in [1.54, 1.807) is 6.20 Å². The summed E-state index contributed by atoms with van der Waals surface area (Å²) in [5, 5.41) is 4.48. The van der Waals surface area contributed by atoms with Gasteiger partial charge in [0, 0.05) is 24.0 Å². The second-order valence-electron chi connectivity index (χ2n) is 4.59. The first-order valence-electron chi connectivity index (χ1n) is 5.78. The Morgan fingerprint density at radius 1 is 1.29 bits per heavy atom. The molecule has 0 aromatic carbocycles. The zero-order valence-electron chi connectivity index (χ0n) is 10.7. The van der Waals surface area contributed by atoms with E-state index < -0.39 is 0 Å². The Labute approximate surface area is 101 Å². The van der Waals surface area contributed by atoms with Gasteiger partial charge in [0.15, 0.2) is 0 Å². The van der Waals surface area contributed by atoms with Gasteiger partial charge < -0.3 is 5.73 Å². The number of hydrogen-bond acceptors (Lipinski definition) is 3. The molecule has 4 heteroatoms. The van der Waals surface area contributed by atoms with Gasteiger partial charge in [-0.1, -0.05) is 0 Å². The maximum Gasteiger partial charge on any atom is 0.0968 e.